The maximum absolute atomic E-state index is 12.2. The summed E-state index contributed by atoms with van der Waals surface area (Å²) in [7, 11) is 0. The second-order valence-electron chi connectivity index (χ2n) is 5.63. The molecule has 1 N–H and O–H groups in total. The molecule has 3 rings (SSSR count). The van der Waals surface area contributed by atoms with Crippen LogP contribution >= 0.6 is 11.3 Å². The van der Waals surface area contributed by atoms with Crippen LogP contribution in [-0.2, 0) is 16.0 Å². The molecular weight excluding hydrogens is 336 g/mol. The summed E-state index contributed by atoms with van der Waals surface area (Å²) < 4.78 is 5.83. The van der Waals surface area contributed by atoms with E-state index in [9.17, 15) is 9.59 Å². The molecule has 0 aliphatic carbocycles. The Labute approximate surface area is 149 Å². The molecule has 0 unspecified atom stereocenters. The molecule has 0 atom stereocenters. The zero-order valence-electron chi connectivity index (χ0n) is 14.0. The van der Waals surface area contributed by atoms with Gasteiger partial charge in [0.25, 0.3) is 0 Å². The smallest absolute Gasteiger partial charge is 0.338 e. The molecule has 2 aromatic carbocycles. The van der Waals surface area contributed by atoms with E-state index in [-0.39, 0.29) is 11.9 Å². The van der Waals surface area contributed by atoms with E-state index < -0.39 is 0 Å². The Morgan fingerprint density at radius 2 is 1.92 bits per heavy atom. The molecule has 0 bridgehead atoms. The van der Waals surface area contributed by atoms with Gasteiger partial charge in [-0.1, -0.05) is 41.2 Å². The van der Waals surface area contributed by atoms with Gasteiger partial charge in [0.05, 0.1) is 28.8 Å². The number of amides is 1. The Balaban J connectivity index is 1.72. The molecule has 6 heteroatoms. The maximum atomic E-state index is 12.2. The van der Waals surface area contributed by atoms with Gasteiger partial charge in [0.15, 0.2) is 5.13 Å². The predicted octanol–water partition coefficient (Wildman–Crippen LogP) is 3.96. The summed E-state index contributed by atoms with van der Waals surface area (Å²) in [6.07, 6.45) is 0.296. The van der Waals surface area contributed by atoms with Gasteiger partial charge in [0, 0.05) is 0 Å². The molecule has 0 aliphatic rings. The number of hydrogen-bond donors (Lipinski definition) is 1. The lowest BCUT2D eigenvalue weighted by atomic mass is 10.1. The van der Waals surface area contributed by atoms with Crippen LogP contribution in [0.5, 0.6) is 0 Å². The van der Waals surface area contributed by atoms with E-state index in [4.69, 9.17) is 4.74 Å². The maximum Gasteiger partial charge on any atom is 0.338 e. The number of carbonyl (C=O) groups excluding carboxylic acids is 2. The Morgan fingerprint density at radius 1 is 1.16 bits per heavy atom. The fourth-order valence-corrected chi connectivity index (χ4v) is 3.30. The summed E-state index contributed by atoms with van der Waals surface area (Å²) in [6.45, 7) is 4.11. The van der Waals surface area contributed by atoms with Crippen LogP contribution in [0.15, 0.2) is 42.5 Å². The number of hydrogen-bond acceptors (Lipinski definition) is 5. The second-order valence-corrected chi connectivity index (χ2v) is 6.66. The third kappa shape index (κ3) is 4.22. The SMILES string of the molecule is CCOC(=O)c1ccc2nc(NC(=O)Cc3ccc(C)cc3)sc2c1. The zero-order valence-corrected chi connectivity index (χ0v) is 14.9. The molecule has 25 heavy (non-hydrogen) atoms. The number of nitrogens with one attached hydrogen (secondary N) is 1. The fraction of sp³-hybridized carbons (Fsp3) is 0.211. The van der Waals surface area contributed by atoms with Crippen LogP contribution in [0.25, 0.3) is 10.2 Å². The Morgan fingerprint density at radius 3 is 2.64 bits per heavy atom. The Hall–Kier alpha value is -2.73. The number of fused-ring (bicyclic) bond motifs is 1. The van der Waals surface area contributed by atoms with Crippen molar-refractivity contribution >= 4 is 38.6 Å². The minimum absolute atomic E-state index is 0.117. The van der Waals surface area contributed by atoms with Gasteiger partial charge < -0.3 is 10.1 Å². The van der Waals surface area contributed by atoms with E-state index in [1.54, 1.807) is 25.1 Å². The number of anilines is 1. The van der Waals surface area contributed by atoms with Crippen molar-refractivity contribution in [1.29, 1.82) is 0 Å². The van der Waals surface area contributed by atoms with Gasteiger partial charge in [-0.05, 0) is 37.6 Å². The summed E-state index contributed by atoms with van der Waals surface area (Å²) >= 11 is 1.34. The fourth-order valence-electron chi connectivity index (χ4n) is 2.37. The number of benzene rings is 2. The molecular formula is C19H18N2O3S. The number of rotatable bonds is 5. The van der Waals surface area contributed by atoms with Gasteiger partial charge in [-0.3, -0.25) is 4.79 Å². The van der Waals surface area contributed by atoms with Gasteiger partial charge in [0.1, 0.15) is 0 Å². The van der Waals surface area contributed by atoms with Gasteiger partial charge >= 0.3 is 5.97 Å². The normalized spacial score (nSPS) is 10.6. The lowest BCUT2D eigenvalue weighted by Gasteiger charge is -2.02. The molecule has 0 fully saturated rings. The first-order chi connectivity index (χ1) is 12.0. The lowest BCUT2D eigenvalue weighted by molar-refractivity contribution is -0.115. The third-order valence-corrected chi connectivity index (χ3v) is 4.56. The van der Waals surface area contributed by atoms with E-state index in [1.165, 1.54) is 11.3 Å². The highest BCUT2D eigenvalue weighted by atomic mass is 32.1. The molecule has 0 saturated heterocycles. The van der Waals surface area contributed by atoms with Crippen molar-refractivity contribution in [3.05, 3.63) is 59.2 Å². The van der Waals surface area contributed by atoms with Crippen molar-refractivity contribution in [3.8, 4) is 0 Å². The van der Waals surface area contributed by atoms with Crippen LogP contribution < -0.4 is 5.32 Å². The van der Waals surface area contributed by atoms with Crippen molar-refractivity contribution in [3.63, 3.8) is 0 Å². The van der Waals surface area contributed by atoms with E-state index >= 15 is 0 Å². The van der Waals surface area contributed by atoms with Crippen LogP contribution in [0.4, 0.5) is 5.13 Å². The van der Waals surface area contributed by atoms with E-state index in [0.717, 1.165) is 21.3 Å². The van der Waals surface area contributed by atoms with Crippen molar-refractivity contribution < 1.29 is 14.3 Å². The van der Waals surface area contributed by atoms with Crippen molar-refractivity contribution in [2.75, 3.05) is 11.9 Å². The highest BCUT2D eigenvalue weighted by Gasteiger charge is 2.12. The topological polar surface area (TPSA) is 68.3 Å². The molecule has 0 aliphatic heterocycles. The number of nitrogens with zero attached hydrogens (tertiary/aromatic N) is 1. The number of esters is 1. The highest BCUT2D eigenvalue weighted by Crippen LogP contribution is 2.27. The Kier molecular flexibility index (Phi) is 5.09. The average Bonchev–Trinajstić information content (AvgIpc) is 2.98. The van der Waals surface area contributed by atoms with Gasteiger partial charge in [-0.25, -0.2) is 9.78 Å². The van der Waals surface area contributed by atoms with Crippen LogP contribution in [0.2, 0.25) is 0 Å². The minimum atomic E-state index is -0.359. The number of aromatic nitrogens is 1. The molecule has 3 aromatic rings. The van der Waals surface area contributed by atoms with Crippen molar-refractivity contribution in [2.24, 2.45) is 0 Å². The summed E-state index contributed by atoms with van der Waals surface area (Å²) in [5.41, 5.74) is 3.33. The predicted molar refractivity (Wildman–Crippen MR) is 99.1 cm³/mol. The molecule has 128 valence electrons. The molecule has 0 radical (unpaired) electrons. The summed E-state index contributed by atoms with van der Waals surface area (Å²) in [4.78, 5) is 28.4. The average molecular weight is 354 g/mol. The third-order valence-electron chi connectivity index (χ3n) is 3.63. The zero-order chi connectivity index (χ0) is 17.8. The number of ether oxygens (including phenoxy) is 1. The van der Waals surface area contributed by atoms with Gasteiger partial charge in [-0.15, -0.1) is 0 Å². The summed E-state index contributed by atoms with van der Waals surface area (Å²) in [5.74, 6) is -0.476. The van der Waals surface area contributed by atoms with Crippen LogP contribution in [0, 0.1) is 6.92 Å². The first-order valence-electron chi connectivity index (χ1n) is 7.98. The minimum Gasteiger partial charge on any atom is -0.462 e. The number of aryl methyl sites for hydroxylation is 1. The first-order valence-corrected chi connectivity index (χ1v) is 8.80. The molecule has 0 spiro atoms. The van der Waals surface area contributed by atoms with E-state index in [1.807, 2.05) is 31.2 Å². The van der Waals surface area contributed by atoms with Crippen LogP contribution in [-0.4, -0.2) is 23.5 Å². The molecule has 1 heterocycles. The molecule has 5 nitrogen and oxygen atoms in total. The summed E-state index contributed by atoms with van der Waals surface area (Å²) in [6, 6.07) is 13.0. The summed E-state index contributed by atoms with van der Waals surface area (Å²) in [5, 5.41) is 3.34. The van der Waals surface area contributed by atoms with Crippen molar-refractivity contribution in [1.82, 2.24) is 4.98 Å². The van der Waals surface area contributed by atoms with Crippen molar-refractivity contribution in [2.45, 2.75) is 20.3 Å². The monoisotopic (exact) mass is 354 g/mol. The Bertz CT molecular complexity index is 916. The van der Waals surface area contributed by atoms with Gasteiger partial charge in [0.2, 0.25) is 5.91 Å². The van der Waals surface area contributed by atoms with E-state index in [2.05, 4.69) is 10.3 Å². The van der Waals surface area contributed by atoms with Crippen LogP contribution in [0.3, 0.4) is 0 Å². The molecule has 0 saturated carbocycles. The first kappa shape index (κ1) is 17.1. The molecule has 1 amide bonds. The largest absolute Gasteiger partial charge is 0.462 e. The molecule has 1 aromatic heterocycles. The quantitative estimate of drug-likeness (QED) is 0.704. The van der Waals surface area contributed by atoms with Gasteiger partial charge in [-0.2, -0.15) is 0 Å². The lowest BCUT2D eigenvalue weighted by Crippen LogP contribution is -2.14. The van der Waals surface area contributed by atoms with E-state index in [0.29, 0.717) is 23.7 Å². The number of carbonyl (C=O) groups is 2. The highest BCUT2D eigenvalue weighted by molar-refractivity contribution is 7.22. The van der Waals surface area contributed by atoms with Crippen LogP contribution in [0.1, 0.15) is 28.4 Å². The number of thiazole rings is 1. The second kappa shape index (κ2) is 7.44. The standard InChI is InChI=1S/C19H18N2O3S/c1-3-24-18(23)14-8-9-15-16(11-14)25-19(20-15)21-17(22)10-13-6-4-12(2)5-7-13/h4-9,11H,3,10H2,1-2H3,(H,20,21,22).